The molecule has 1 aliphatic rings. The number of benzene rings is 1. The first-order chi connectivity index (χ1) is 13.3. The summed E-state index contributed by atoms with van der Waals surface area (Å²) in [5.74, 6) is -1.12. The molecule has 7 heteroatoms. The second-order valence-corrected chi connectivity index (χ2v) is 7.85. The first-order valence-electron chi connectivity index (χ1n) is 9.70. The van der Waals surface area contributed by atoms with Crippen LogP contribution in [0.5, 0.6) is 0 Å². The molecule has 1 saturated carbocycles. The molecule has 0 spiro atoms. The number of rotatable bonds is 5. The third-order valence-electron chi connectivity index (χ3n) is 5.35. The van der Waals surface area contributed by atoms with Crippen molar-refractivity contribution in [1.82, 2.24) is 9.78 Å². The molecule has 0 unspecified atom stereocenters. The molecule has 1 amide bonds. The molecule has 1 aromatic carbocycles. The van der Waals surface area contributed by atoms with E-state index in [1.165, 1.54) is 34.0 Å². The van der Waals surface area contributed by atoms with Gasteiger partial charge >= 0.3 is 5.97 Å². The van der Waals surface area contributed by atoms with Crippen LogP contribution in [0.4, 0.5) is 10.2 Å². The molecule has 0 radical (unpaired) electrons. The van der Waals surface area contributed by atoms with E-state index >= 15 is 0 Å². The molecule has 28 heavy (non-hydrogen) atoms. The number of hydrogen-bond acceptors (Lipinski definition) is 3. The Balaban J connectivity index is 2.00. The Hall–Kier alpha value is -2.70. The Labute approximate surface area is 164 Å². The maximum absolute atomic E-state index is 13.6. The average molecular weight is 387 g/mol. The summed E-state index contributed by atoms with van der Waals surface area (Å²) in [7, 11) is 0. The van der Waals surface area contributed by atoms with Crippen molar-refractivity contribution in [2.45, 2.75) is 52.5 Å². The second-order valence-electron chi connectivity index (χ2n) is 7.85. The molecule has 1 aliphatic carbocycles. The van der Waals surface area contributed by atoms with Gasteiger partial charge in [0, 0.05) is 18.2 Å². The SMILES string of the molecule is CC(C)N(c1nn(-c2cccc(F)c2)cc1C(=O)O)C(=O)[C@H]1CC[C@H](C)CC1. The number of nitrogens with zero attached hydrogens (tertiary/aromatic N) is 3. The standard InChI is InChI=1S/C21H26FN3O3/c1-13(2)25(20(26)15-9-7-14(3)8-10-15)19-18(21(27)28)12-24(23-19)17-6-4-5-16(22)11-17/h4-6,11-15H,7-10H2,1-3H3,(H,27,28)/t14-,15-. The zero-order valence-electron chi connectivity index (χ0n) is 16.4. The Morgan fingerprint density at radius 1 is 1.25 bits per heavy atom. The molecule has 1 aromatic heterocycles. The number of aromatic nitrogens is 2. The monoisotopic (exact) mass is 387 g/mol. The van der Waals surface area contributed by atoms with Gasteiger partial charge in [-0.15, -0.1) is 5.10 Å². The lowest BCUT2D eigenvalue weighted by Crippen LogP contribution is -2.43. The summed E-state index contributed by atoms with van der Waals surface area (Å²) < 4.78 is 14.9. The molecule has 0 saturated heterocycles. The minimum absolute atomic E-state index is 0.0736. The predicted molar refractivity (Wildman–Crippen MR) is 104 cm³/mol. The lowest BCUT2D eigenvalue weighted by molar-refractivity contribution is -0.123. The van der Waals surface area contributed by atoms with Gasteiger partial charge in [0.2, 0.25) is 5.91 Å². The summed E-state index contributed by atoms with van der Waals surface area (Å²) in [6, 6.07) is 5.49. The Bertz CT molecular complexity index is 870. The lowest BCUT2D eigenvalue weighted by atomic mass is 9.82. The summed E-state index contributed by atoms with van der Waals surface area (Å²) in [4.78, 5) is 26.6. The van der Waals surface area contributed by atoms with E-state index in [0.29, 0.717) is 11.6 Å². The van der Waals surface area contributed by atoms with Gasteiger partial charge in [0.25, 0.3) is 0 Å². The molecule has 1 heterocycles. The van der Waals surface area contributed by atoms with Crippen molar-refractivity contribution >= 4 is 17.7 Å². The van der Waals surface area contributed by atoms with Gasteiger partial charge in [-0.25, -0.2) is 13.9 Å². The molecule has 0 atom stereocenters. The number of carbonyl (C=O) groups excluding carboxylic acids is 1. The van der Waals surface area contributed by atoms with E-state index in [2.05, 4.69) is 12.0 Å². The van der Waals surface area contributed by atoms with Gasteiger partial charge < -0.3 is 5.11 Å². The number of carboxylic acids is 1. The maximum atomic E-state index is 13.6. The third kappa shape index (κ3) is 4.08. The number of aromatic carboxylic acids is 1. The Morgan fingerprint density at radius 2 is 1.93 bits per heavy atom. The second kappa shape index (κ2) is 8.12. The topological polar surface area (TPSA) is 75.4 Å². The van der Waals surface area contributed by atoms with Crippen molar-refractivity contribution in [1.29, 1.82) is 0 Å². The third-order valence-corrected chi connectivity index (χ3v) is 5.35. The minimum Gasteiger partial charge on any atom is -0.477 e. The van der Waals surface area contributed by atoms with Crippen LogP contribution in [0.15, 0.2) is 30.5 Å². The quantitative estimate of drug-likeness (QED) is 0.831. The molecule has 0 aliphatic heterocycles. The molecule has 6 nitrogen and oxygen atoms in total. The molecular weight excluding hydrogens is 361 g/mol. The van der Waals surface area contributed by atoms with Crippen molar-refractivity contribution in [3.63, 3.8) is 0 Å². The maximum Gasteiger partial charge on any atom is 0.341 e. The van der Waals surface area contributed by atoms with Crippen LogP contribution in [0.25, 0.3) is 5.69 Å². The zero-order valence-corrected chi connectivity index (χ0v) is 16.4. The van der Waals surface area contributed by atoms with Crippen LogP contribution in [0, 0.1) is 17.7 Å². The van der Waals surface area contributed by atoms with E-state index in [-0.39, 0.29) is 29.2 Å². The highest BCUT2D eigenvalue weighted by Gasteiger charge is 2.34. The number of amides is 1. The minimum atomic E-state index is -1.17. The highest BCUT2D eigenvalue weighted by Crippen LogP contribution is 2.32. The fourth-order valence-corrected chi connectivity index (χ4v) is 3.75. The smallest absolute Gasteiger partial charge is 0.341 e. The van der Waals surface area contributed by atoms with Crippen LogP contribution in [0.2, 0.25) is 0 Å². The molecule has 0 bridgehead atoms. The summed E-state index contributed by atoms with van der Waals surface area (Å²) in [5.41, 5.74) is 0.326. The zero-order chi connectivity index (χ0) is 20.4. The van der Waals surface area contributed by atoms with E-state index in [0.717, 1.165) is 25.7 Å². The van der Waals surface area contributed by atoms with Gasteiger partial charge in [0.05, 0.1) is 5.69 Å². The highest BCUT2D eigenvalue weighted by molar-refractivity contribution is 6.01. The molecule has 150 valence electrons. The highest BCUT2D eigenvalue weighted by atomic mass is 19.1. The number of carboxylic acid groups (broad SMARTS) is 1. The van der Waals surface area contributed by atoms with Crippen LogP contribution in [-0.2, 0) is 4.79 Å². The van der Waals surface area contributed by atoms with E-state index < -0.39 is 11.8 Å². The van der Waals surface area contributed by atoms with Crippen molar-refractivity contribution in [2.75, 3.05) is 4.90 Å². The fourth-order valence-electron chi connectivity index (χ4n) is 3.75. The molecular formula is C21H26FN3O3. The van der Waals surface area contributed by atoms with Crippen molar-refractivity contribution in [2.24, 2.45) is 11.8 Å². The van der Waals surface area contributed by atoms with Crippen molar-refractivity contribution in [3.05, 3.63) is 41.8 Å². The summed E-state index contributed by atoms with van der Waals surface area (Å²) >= 11 is 0. The van der Waals surface area contributed by atoms with Crippen molar-refractivity contribution in [3.8, 4) is 5.69 Å². The van der Waals surface area contributed by atoms with E-state index in [1.807, 2.05) is 13.8 Å². The van der Waals surface area contributed by atoms with Gasteiger partial charge in [0.1, 0.15) is 11.4 Å². The molecule has 2 aromatic rings. The first-order valence-corrected chi connectivity index (χ1v) is 9.70. The van der Waals surface area contributed by atoms with Crippen LogP contribution in [0.1, 0.15) is 56.8 Å². The van der Waals surface area contributed by atoms with Gasteiger partial charge in [0.15, 0.2) is 5.82 Å². The van der Waals surface area contributed by atoms with E-state index in [4.69, 9.17) is 0 Å². The molecule has 1 N–H and O–H groups in total. The normalized spacial score (nSPS) is 19.6. The molecule has 1 fully saturated rings. The summed E-state index contributed by atoms with van der Waals surface area (Å²) in [5, 5.41) is 14.0. The molecule has 3 rings (SSSR count). The number of anilines is 1. The number of halogens is 1. The van der Waals surface area contributed by atoms with Crippen LogP contribution in [-0.4, -0.2) is 32.8 Å². The number of carbonyl (C=O) groups is 2. The van der Waals surface area contributed by atoms with Crippen LogP contribution in [0.3, 0.4) is 0 Å². The van der Waals surface area contributed by atoms with Gasteiger partial charge in [-0.05, 0) is 63.6 Å². The summed E-state index contributed by atoms with van der Waals surface area (Å²) in [6.45, 7) is 5.87. The van der Waals surface area contributed by atoms with E-state index in [9.17, 15) is 19.1 Å². The van der Waals surface area contributed by atoms with Gasteiger partial charge in [-0.3, -0.25) is 9.69 Å². The average Bonchev–Trinajstić information content (AvgIpc) is 3.07. The van der Waals surface area contributed by atoms with Crippen molar-refractivity contribution < 1.29 is 19.1 Å². The fraction of sp³-hybridized carbons (Fsp3) is 0.476. The Morgan fingerprint density at radius 3 is 2.50 bits per heavy atom. The van der Waals surface area contributed by atoms with E-state index in [1.54, 1.807) is 6.07 Å². The van der Waals surface area contributed by atoms with Gasteiger partial charge in [-0.1, -0.05) is 13.0 Å². The van der Waals surface area contributed by atoms with Crippen LogP contribution >= 0.6 is 0 Å². The van der Waals surface area contributed by atoms with Crippen LogP contribution < -0.4 is 4.90 Å². The van der Waals surface area contributed by atoms with Gasteiger partial charge in [-0.2, -0.15) is 0 Å². The lowest BCUT2D eigenvalue weighted by Gasteiger charge is -2.32. The summed E-state index contributed by atoms with van der Waals surface area (Å²) in [6.07, 6.45) is 4.92. The predicted octanol–water partition coefficient (Wildman–Crippen LogP) is 4.28. The number of hydrogen-bond donors (Lipinski definition) is 1. The first kappa shape index (κ1) is 20.0. The largest absolute Gasteiger partial charge is 0.477 e. The Kier molecular flexibility index (Phi) is 5.82.